The second kappa shape index (κ2) is 7.68. The van der Waals surface area contributed by atoms with Gasteiger partial charge in [-0.2, -0.15) is 0 Å². The zero-order valence-corrected chi connectivity index (χ0v) is 17.2. The Balaban J connectivity index is 1.94. The number of hydrogen-bond acceptors (Lipinski definition) is 6. The minimum Gasteiger partial charge on any atom is -0.477 e. The van der Waals surface area contributed by atoms with Crippen LogP contribution in [0.5, 0.6) is 0 Å². The van der Waals surface area contributed by atoms with Gasteiger partial charge in [-0.15, -0.1) is 0 Å². The number of aromatic nitrogens is 1. The number of anilines is 1. The Morgan fingerprint density at radius 3 is 2.59 bits per heavy atom. The van der Waals surface area contributed by atoms with Gasteiger partial charge in [0.2, 0.25) is 5.43 Å². The Morgan fingerprint density at radius 1 is 1.38 bits per heavy atom. The first-order valence-corrected chi connectivity index (χ1v) is 9.69. The van der Waals surface area contributed by atoms with Crippen molar-refractivity contribution in [3.63, 3.8) is 0 Å². The number of carbonyl (C=O) groups is 2. The summed E-state index contributed by atoms with van der Waals surface area (Å²) in [5.41, 5.74) is 5.39. The van der Waals surface area contributed by atoms with E-state index in [0.717, 1.165) is 12.8 Å². The maximum absolute atomic E-state index is 12.7. The zero-order valence-electron chi connectivity index (χ0n) is 16.5. The molecule has 1 aliphatic carbocycles. The molecule has 1 atom stereocenters. The maximum atomic E-state index is 12.7. The third kappa shape index (κ3) is 4.89. The molecule has 1 saturated carbocycles. The lowest BCUT2D eigenvalue weighted by molar-refractivity contribution is -0.155. The fraction of sp³-hybridized carbons (Fsp3) is 0.450. The van der Waals surface area contributed by atoms with Crippen LogP contribution in [0.2, 0.25) is 5.02 Å². The Hall–Kier alpha value is -2.58. The van der Waals surface area contributed by atoms with Gasteiger partial charge in [-0.1, -0.05) is 11.6 Å². The van der Waals surface area contributed by atoms with Crippen molar-refractivity contribution in [2.24, 2.45) is 5.73 Å². The highest BCUT2D eigenvalue weighted by molar-refractivity contribution is 6.34. The van der Waals surface area contributed by atoms with Gasteiger partial charge in [-0.3, -0.25) is 9.59 Å². The Kier molecular flexibility index (Phi) is 5.60. The third-order valence-electron chi connectivity index (χ3n) is 4.44. The van der Waals surface area contributed by atoms with Crippen molar-refractivity contribution in [3.05, 3.63) is 39.1 Å². The van der Waals surface area contributed by atoms with Crippen molar-refractivity contribution in [2.75, 3.05) is 5.32 Å². The van der Waals surface area contributed by atoms with Crippen LogP contribution in [0.15, 0.2) is 23.1 Å². The number of nitrogens with zero attached hydrogens (tertiary/aromatic N) is 1. The van der Waals surface area contributed by atoms with Gasteiger partial charge < -0.3 is 25.5 Å². The molecule has 1 aromatic heterocycles. The number of fused-ring (bicyclic) bond motifs is 1. The van der Waals surface area contributed by atoms with Crippen LogP contribution in [0.3, 0.4) is 0 Å². The van der Waals surface area contributed by atoms with Crippen LogP contribution in [0, 0.1) is 0 Å². The number of ether oxygens (including phenoxy) is 1. The van der Waals surface area contributed by atoms with E-state index in [0.29, 0.717) is 16.2 Å². The van der Waals surface area contributed by atoms with Gasteiger partial charge >= 0.3 is 11.9 Å². The molecule has 0 amide bonds. The van der Waals surface area contributed by atoms with Gasteiger partial charge in [0, 0.05) is 17.6 Å². The monoisotopic (exact) mass is 421 g/mol. The molecule has 4 N–H and O–H groups in total. The minimum absolute atomic E-state index is 0.104. The van der Waals surface area contributed by atoms with Crippen molar-refractivity contribution < 1.29 is 19.4 Å². The standard InChI is InChI=1S/C20H24ClN3O5/c1-20(2,3)29-17(25)8-16(22)23-14-6-11-15(7-13(14)21)24(10-4-5-10)9-12(18(11)26)19(27)28/h6-7,9-10,16,23H,4-5,8,22H2,1-3H3,(H,27,28). The molecular weight excluding hydrogens is 398 g/mol. The van der Waals surface area contributed by atoms with E-state index in [2.05, 4.69) is 5.32 Å². The first-order chi connectivity index (χ1) is 13.5. The van der Waals surface area contributed by atoms with Crippen LogP contribution >= 0.6 is 11.6 Å². The predicted octanol–water partition coefficient (Wildman–Crippen LogP) is 3.12. The number of rotatable bonds is 6. The average Bonchev–Trinajstić information content (AvgIpc) is 3.39. The number of carboxylic acids is 1. The number of esters is 1. The molecule has 1 aliphatic rings. The third-order valence-corrected chi connectivity index (χ3v) is 4.75. The summed E-state index contributed by atoms with van der Waals surface area (Å²) in [6.07, 6.45) is 2.30. The topological polar surface area (TPSA) is 124 Å². The number of halogens is 1. The smallest absolute Gasteiger partial charge is 0.341 e. The number of aromatic carboxylic acids is 1. The normalized spacial score (nSPS) is 15.2. The van der Waals surface area contributed by atoms with E-state index in [9.17, 15) is 19.5 Å². The number of benzene rings is 1. The van der Waals surface area contributed by atoms with Crippen molar-refractivity contribution in [1.82, 2.24) is 4.57 Å². The van der Waals surface area contributed by atoms with Crippen LogP contribution < -0.4 is 16.5 Å². The minimum atomic E-state index is -1.28. The second-order valence-electron chi connectivity index (χ2n) is 8.21. The van der Waals surface area contributed by atoms with Crippen LogP contribution in [0.1, 0.15) is 56.4 Å². The fourth-order valence-corrected chi connectivity index (χ4v) is 3.31. The molecular formula is C20H24ClN3O5. The average molecular weight is 422 g/mol. The lowest BCUT2D eigenvalue weighted by Crippen LogP contribution is -2.35. The van der Waals surface area contributed by atoms with E-state index < -0.39 is 29.1 Å². The summed E-state index contributed by atoms with van der Waals surface area (Å²) in [5, 5.41) is 12.8. The highest BCUT2D eigenvalue weighted by atomic mass is 35.5. The number of carbonyl (C=O) groups excluding carboxylic acids is 1. The molecule has 0 aliphatic heterocycles. The summed E-state index contributed by atoms with van der Waals surface area (Å²) in [5.74, 6) is -1.75. The first kappa shape index (κ1) is 21.1. The molecule has 9 heteroatoms. The predicted molar refractivity (Wildman–Crippen MR) is 111 cm³/mol. The molecule has 0 radical (unpaired) electrons. The summed E-state index contributed by atoms with van der Waals surface area (Å²) >= 11 is 6.38. The summed E-state index contributed by atoms with van der Waals surface area (Å²) in [7, 11) is 0. The lowest BCUT2D eigenvalue weighted by Gasteiger charge is -2.22. The summed E-state index contributed by atoms with van der Waals surface area (Å²) in [6, 6.07) is 3.26. The number of nitrogens with one attached hydrogen (secondary N) is 1. The van der Waals surface area contributed by atoms with Crippen molar-refractivity contribution in [1.29, 1.82) is 0 Å². The molecule has 0 saturated heterocycles. The maximum Gasteiger partial charge on any atom is 0.341 e. The number of nitrogens with two attached hydrogens (primary N) is 1. The lowest BCUT2D eigenvalue weighted by atomic mass is 10.1. The van der Waals surface area contributed by atoms with E-state index in [1.54, 1.807) is 31.4 Å². The van der Waals surface area contributed by atoms with E-state index in [1.165, 1.54) is 12.3 Å². The van der Waals surface area contributed by atoms with Gasteiger partial charge in [0.05, 0.1) is 28.8 Å². The van der Waals surface area contributed by atoms with Gasteiger partial charge in [0.1, 0.15) is 11.2 Å². The number of carboxylic acid groups (broad SMARTS) is 1. The number of hydrogen-bond donors (Lipinski definition) is 3. The van der Waals surface area contributed by atoms with Gasteiger partial charge in [-0.05, 0) is 45.7 Å². The fourth-order valence-electron chi connectivity index (χ4n) is 3.10. The summed E-state index contributed by atoms with van der Waals surface area (Å²) < 4.78 is 7.03. The Bertz CT molecular complexity index is 1040. The highest BCUT2D eigenvalue weighted by Gasteiger charge is 2.27. The molecule has 1 fully saturated rings. The highest BCUT2D eigenvalue weighted by Crippen LogP contribution is 2.38. The molecule has 29 heavy (non-hydrogen) atoms. The van der Waals surface area contributed by atoms with Gasteiger partial charge in [-0.25, -0.2) is 4.79 Å². The van der Waals surface area contributed by atoms with Crippen LogP contribution in [0.25, 0.3) is 10.9 Å². The second-order valence-corrected chi connectivity index (χ2v) is 8.61. The summed E-state index contributed by atoms with van der Waals surface area (Å²) in [6.45, 7) is 5.28. The molecule has 3 rings (SSSR count). The molecule has 2 aromatic rings. The largest absolute Gasteiger partial charge is 0.477 e. The molecule has 0 bridgehead atoms. The zero-order chi connectivity index (χ0) is 21.5. The van der Waals surface area contributed by atoms with Crippen LogP contribution in [-0.2, 0) is 9.53 Å². The SMILES string of the molecule is CC(C)(C)OC(=O)CC(N)Nc1cc2c(=O)c(C(=O)O)cn(C3CC3)c2cc1Cl. The molecule has 8 nitrogen and oxygen atoms in total. The van der Waals surface area contributed by atoms with Gasteiger partial charge in [0.15, 0.2) is 0 Å². The Labute approximate surface area is 172 Å². The van der Waals surface area contributed by atoms with Crippen molar-refractivity contribution >= 4 is 40.1 Å². The van der Waals surface area contributed by atoms with Crippen molar-refractivity contribution in [3.8, 4) is 0 Å². The molecule has 1 heterocycles. The number of pyridine rings is 1. The Morgan fingerprint density at radius 2 is 2.03 bits per heavy atom. The molecule has 0 spiro atoms. The molecule has 1 unspecified atom stereocenters. The van der Waals surface area contributed by atoms with E-state index in [4.69, 9.17) is 22.1 Å². The van der Waals surface area contributed by atoms with E-state index in [1.807, 2.05) is 0 Å². The van der Waals surface area contributed by atoms with E-state index in [-0.39, 0.29) is 23.4 Å². The van der Waals surface area contributed by atoms with Gasteiger partial charge in [0.25, 0.3) is 0 Å². The molecule has 1 aromatic carbocycles. The van der Waals surface area contributed by atoms with Crippen LogP contribution in [0.4, 0.5) is 5.69 Å². The first-order valence-electron chi connectivity index (χ1n) is 9.32. The quantitative estimate of drug-likeness (QED) is 0.483. The molecule has 156 valence electrons. The van der Waals surface area contributed by atoms with E-state index >= 15 is 0 Å². The van der Waals surface area contributed by atoms with Crippen LogP contribution in [-0.4, -0.2) is 33.4 Å². The van der Waals surface area contributed by atoms with Crippen molar-refractivity contribution in [2.45, 2.75) is 57.8 Å². The summed E-state index contributed by atoms with van der Waals surface area (Å²) in [4.78, 5) is 36.1.